The Bertz CT molecular complexity index is 763. The summed E-state index contributed by atoms with van der Waals surface area (Å²) in [6.45, 7) is 5.01. The van der Waals surface area contributed by atoms with E-state index in [9.17, 15) is 0 Å². The zero-order valence-electron chi connectivity index (χ0n) is 15.4. The molecule has 1 aliphatic carbocycles. The Morgan fingerprint density at radius 3 is 2.96 bits per heavy atom. The Balaban J connectivity index is 1.57. The highest BCUT2D eigenvalue weighted by Crippen LogP contribution is 2.35. The van der Waals surface area contributed by atoms with Gasteiger partial charge in [-0.1, -0.05) is 30.7 Å². The Hall–Kier alpha value is -1.56. The number of benzene rings is 1. The first-order chi connectivity index (χ1) is 12.7. The zero-order valence-corrected chi connectivity index (χ0v) is 16.2. The average molecular weight is 376 g/mol. The monoisotopic (exact) mass is 375 g/mol. The fourth-order valence-electron chi connectivity index (χ4n) is 4.40. The maximum absolute atomic E-state index is 6.54. The lowest BCUT2D eigenvalue weighted by atomic mass is 9.83. The molecule has 1 aromatic heterocycles. The van der Waals surface area contributed by atoms with Crippen LogP contribution in [0.2, 0.25) is 5.02 Å². The van der Waals surface area contributed by atoms with Gasteiger partial charge in [0.25, 0.3) is 0 Å². The molecule has 0 unspecified atom stereocenters. The molecule has 3 atom stereocenters. The lowest BCUT2D eigenvalue weighted by Gasteiger charge is -2.47. The molecule has 4 rings (SSSR count). The molecule has 2 aromatic rings. The Morgan fingerprint density at radius 2 is 2.23 bits per heavy atom. The number of methoxy groups -OCH3 is 1. The van der Waals surface area contributed by atoms with Gasteiger partial charge in [-0.2, -0.15) is 5.10 Å². The molecule has 26 heavy (non-hydrogen) atoms. The van der Waals surface area contributed by atoms with Crippen LogP contribution in [0.3, 0.4) is 0 Å². The van der Waals surface area contributed by atoms with Gasteiger partial charge in [0.05, 0.1) is 37.1 Å². The normalized spacial score (nSPS) is 25.6. The molecule has 0 spiro atoms. The maximum atomic E-state index is 6.54. The topological polar surface area (TPSA) is 39.5 Å². The SMILES string of the molecule is CCCN1C[C@@H](Cn2cc(Cl)cn2)O[C@@H]2Cc3c(cccc3OC)C[C@H]21. The van der Waals surface area contributed by atoms with Gasteiger partial charge in [0.15, 0.2) is 0 Å². The molecule has 1 aromatic carbocycles. The Morgan fingerprint density at radius 1 is 1.35 bits per heavy atom. The zero-order chi connectivity index (χ0) is 18.1. The highest BCUT2D eigenvalue weighted by Gasteiger charge is 2.40. The van der Waals surface area contributed by atoms with Crippen LogP contribution in [0.15, 0.2) is 30.6 Å². The van der Waals surface area contributed by atoms with E-state index in [-0.39, 0.29) is 12.2 Å². The van der Waals surface area contributed by atoms with Crippen LogP contribution in [0.25, 0.3) is 0 Å². The van der Waals surface area contributed by atoms with E-state index in [2.05, 4.69) is 35.1 Å². The quantitative estimate of drug-likeness (QED) is 0.804. The molecule has 6 heteroatoms. The first-order valence-electron chi connectivity index (χ1n) is 9.40. The van der Waals surface area contributed by atoms with E-state index in [1.54, 1.807) is 13.3 Å². The standard InChI is InChI=1S/C20H26ClN3O2/c1-3-7-23-12-16(13-24-11-15(21)10-22-24)26-20-9-17-14(8-18(20)23)5-4-6-19(17)25-2/h4-6,10-11,16,18,20H,3,7-9,12-13H2,1-2H3/t16-,18+,20+/m0/s1. The molecule has 0 amide bonds. The lowest BCUT2D eigenvalue weighted by Crippen LogP contribution is -2.58. The minimum absolute atomic E-state index is 0.120. The highest BCUT2D eigenvalue weighted by atomic mass is 35.5. The molecule has 2 aliphatic rings. The summed E-state index contributed by atoms with van der Waals surface area (Å²) in [5.74, 6) is 0.979. The first-order valence-corrected chi connectivity index (χ1v) is 9.78. The molecular formula is C20H26ClN3O2. The third-order valence-electron chi connectivity index (χ3n) is 5.49. The number of fused-ring (bicyclic) bond motifs is 2. The molecule has 0 N–H and O–H groups in total. The Labute approximate surface area is 159 Å². The van der Waals surface area contributed by atoms with E-state index in [0.29, 0.717) is 11.1 Å². The summed E-state index contributed by atoms with van der Waals surface area (Å²) in [6, 6.07) is 6.81. The smallest absolute Gasteiger partial charge is 0.122 e. The van der Waals surface area contributed by atoms with E-state index in [1.807, 2.05) is 10.9 Å². The van der Waals surface area contributed by atoms with Gasteiger partial charge in [0, 0.05) is 25.2 Å². The van der Waals surface area contributed by atoms with Crippen LogP contribution in [0.5, 0.6) is 5.75 Å². The molecule has 5 nitrogen and oxygen atoms in total. The fourth-order valence-corrected chi connectivity index (χ4v) is 4.56. The number of ether oxygens (including phenoxy) is 2. The van der Waals surface area contributed by atoms with Crippen LogP contribution < -0.4 is 4.74 Å². The summed E-state index contributed by atoms with van der Waals surface area (Å²) >= 11 is 6.01. The van der Waals surface area contributed by atoms with E-state index >= 15 is 0 Å². The van der Waals surface area contributed by atoms with Gasteiger partial charge >= 0.3 is 0 Å². The number of aromatic nitrogens is 2. The van der Waals surface area contributed by atoms with Crippen molar-refractivity contribution < 1.29 is 9.47 Å². The first kappa shape index (κ1) is 17.8. The average Bonchev–Trinajstić information content (AvgIpc) is 3.04. The molecule has 1 aliphatic heterocycles. The van der Waals surface area contributed by atoms with E-state index in [1.165, 1.54) is 11.1 Å². The van der Waals surface area contributed by atoms with Crippen LogP contribution in [-0.2, 0) is 24.1 Å². The van der Waals surface area contributed by atoms with Crippen molar-refractivity contribution in [3.8, 4) is 5.75 Å². The number of morpholine rings is 1. The number of halogens is 1. The van der Waals surface area contributed by atoms with Crippen molar-refractivity contribution in [2.24, 2.45) is 0 Å². The highest BCUT2D eigenvalue weighted by molar-refractivity contribution is 6.30. The van der Waals surface area contributed by atoms with Crippen molar-refractivity contribution in [2.75, 3.05) is 20.2 Å². The number of rotatable bonds is 5. The molecule has 2 heterocycles. The third-order valence-corrected chi connectivity index (χ3v) is 5.69. The summed E-state index contributed by atoms with van der Waals surface area (Å²) < 4.78 is 14.0. The lowest BCUT2D eigenvalue weighted by molar-refractivity contribution is -0.128. The van der Waals surface area contributed by atoms with Crippen LogP contribution in [-0.4, -0.2) is 53.1 Å². The van der Waals surface area contributed by atoms with Crippen LogP contribution >= 0.6 is 11.6 Å². The van der Waals surface area contributed by atoms with Crippen molar-refractivity contribution in [2.45, 2.75) is 51.0 Å². The molecule has 0 bridgehead atoms. The van der Waals surface area contributed by atoms with Crippen molar-refractivity contribution in [3.63, 3.8) is 0 Å². The molecule has 140 valence electrons. The van der Waals surface area contributed by atoms with E-state index in [0.717, 1.165) is 44.6 Å². The molecule has 0 radical (unpaired) electrons. The van der Waals surface area contributed by atoms with Gasteiger partial charge in [-0.3, -0.25) is 9.58 Å². The predicted octanol–water partition coefficient (Wildman–Crippen LogP) is 3.19. The number of hydrogen-bond donors (Lipinski definition) is 0. The second-order valence-electron chi connectivity index (χ2n) is 7.25. The largest absolute Gasteiger partial charge is 0.496 e. The fraction of sp³-hybridized carbons (Fsp3) is 0.550. The van der Waals surface area contributed by atoms with Gasteiger partial charge in [-0.25, -0.2) is 0 Å². The summed E-state index contributed by atoms with van der Waals surface area (Å²) in [5, 5.41) is 4.98. The van der Waals surface area contributed by atoms with E-state index in [4.69, 9.17) is 21.1 Å². The van der Waals surface area contributed by atoms with Crippen LogP contribution in [0.1, 0.15) is 24.5 Å². The van der Waals surface area contributed by atoms with Gasteiger partial charge < -0.3 is 9.47 Å². The molecule has 1 saturated heterocycles. The minimum Gasteiger partial charge on any atom is -0.496 e. The maximum Gasteiger partial charge on any atom is 0.122 e. The molecular weight excluding hydrogens is 350 g/mol. The summed E-state index contributed by atoms with van der Waals surface area (Å²) in [4.78, 5) is 2.60. The summed E-state index contributed by atoms with van der Waals surface area (Å²) in [5.41, 5.74) is 2.70. The molecule has 1 fully saturated rings. The minimum atomic E-state index is 0.120. The Kier molecular flexibility index (Phi) is 5.20. The van der Waals surface area contributed by atoms with Crippen molar-refractivity contribution in [1.29, 1.82) is 0 Å². The second kappa shape index (κ2) is 7.59. The number of hydrogen-bond acceptors (Lipinski definition) is 4. The van der Waals surface area contributed by atoms with Crippen LogP contribution in [0.4, 0.5) is 0 Å². The van der Waals surface area contributed by atoms with Crippen molar-refractivity contribution in [1.82, 2.24) is 14.7 Å². The van der Waals surface area contributed by atoms with Gasteiger partial charge in [0.1, 0.15) is 5.75 Å². The predicted molar refractivity (Wildman–Crippen MR) is 102 cm³/mol. The van der Waals surface area contributed by atoms with Crippen molar-refractivity contribution >= 4 is 11.6 Å². The second-order valence-corrected chi connectivity index (χ2v) is 7.68. The summed E-state index contributed by atoms with van der Waals surface area (Å²) in [6.07, 6.45) is 6.93. The van der Waals surface area contributed by atoms with Crippen LogP contribution in [0, 0.1) is 0 Å². The number of nitrogens with zero attached hydrogens (tertiary/aromatic N) is 3. The van der Waals surface area contributed by atoms with Crippen molar-refractivity contribution in [3.05, 3.63) is 46.7 Å². The molecule has 0 saturated carbocycles. The van der Waals surface area contributed by atoms with Gasteiger partial charge in [-0.15, -0.1) is 0 Å². The van der Waals surface area contributed by atoms with E-state index < -0.39 is 0 Å². The van der Waals surface area contributed by atoms with Gasteiger partial charge in [0.2, 0.25) is 0 Å². The third kappa shape index (κ3) is 3.48. The van der Waals surface area contributed by atoms with Gasteiger partial charge in [-0.05, 0) is 36.6 Å². The summed E-state index contributed by atoms with van der Waals surface area (Å²) in [7, 11) is 1.75.